The predicted octanol–water partition coefficient (Wildman–Crippen LogP) is -2.65. The summed E-state index contributed by atoms with van der Waals surface area (Å²) in [7, 11) is 0. The van der Waals surface area contributed by atoms with Crippen LogP contribution in [-0.2, 0) is 0 Å². The van der Waals surface area contributed by atoms with Gasteiger partial charge in [0.1, 0.15) is 0 Å². The van der Waals surface area contributed by atoms with Crippen LogP contribution in [-0.4, -0.2) is 50.5 Å². The summed E-state index contributed by atoms with van der Waals surface area (Å²) >= 11 is 0. The van der Waals surface area contributed by atoms with Crippen molar-refractivity contribution in [3.8, 4) is 0 Å². The zero-order chi connectivity index (χ0) is 7.97. The van der Waals surface area contributed by atoms with E-state index in [0.29, 0.717) is 0 Å². The zero-order valence-corrected chi connectivity index (χ0v) is 5.47. The van der Waals surface area contributed by atoms with Crippen molar-refractivity contribution in [3.05, 3.63) is 0 Å². The topological polar surface area (TPSA) is 112 Å². The lowest BCUT2D eigenvalue weighted by molar-refractivity contribution is 0.595. The van der Waals surface area contributed by atoms with Gasteiger partial charge >= 0.3 is 11.6 Å². The standard InChI is InChI=1S/C2N10/c3-1-5-7-9-11(1)12-2(4-3)6-8-10-12. The highest BCUT2D eigenvalue weighted by molar-refractivity contribution is 5.24. The normalized spacial score (nSPS) is 11.3. The van der Waals surface area contributed by atoms with E-state index in [1.807, 2.05) is 0 Å². The van der Waals surface area contributed by atoms with E-state index in [1.165, 1.54) is 9.26 Å². The maximum atomic E-state index is 3.66. The van der Waals surface area contributed by atoms with Gasteiger partial charge in [-0.3, -0.25) is 0 Å². The molecule has 0 saturated heterocycles. The van der Waals surface area contributed by atoms with Gasteiger partial charge in [0.2, 0.25) is 0 Å². The summed E-state index contributed by atoms with van der Waals surface area (Å²) in [5, 5.41) is 28.4. The Hall–Kier alpha value is -2.26. The largest absolute Gasteiger partial charge is 0.309 e. The van der Waals surface area contributed by atoms with Crippen LogP contribution in [0.15, 0.2) is 0 Å². The van der Waals surface area contributed by atoms with E-state index in [0.717, 1.165) is 0 Å². The number of rotatable bonds is 0. The molecule has 0 aliphatic rings. The van der Waals surface area contributed by atoms with Crippen LogP contribution in [0.2, 0.25) is 0 Å². The molecule has 0 N–H and O–H groups in total. The van der Waals surface area contributed by atoms with E-state index < -0.39 is 0 Å². The highest BCUT2D eigenvalue weighted by atomic mass is 15.7. The van der Waals surface area contributed by atoms with E-state index in [4.69, 9.17) is 0 Å². The second kappa shape index (κ2) is 1.66. The van der Waals surface area contributed by atoms with Gasteiger partial charge in [0.05, 0.1) is 0 Å². The Morgan fingerprint density at radius 3 is 1.67 bits per heavy atom. The van der Waals surface area contributed by atoms with E-state index in [9.17, 15) is 0 Å². The third-order valence-corrected chi connectivity index (χ3v) is 1.28. The Kier molecular flexibility index (Phi) is 0.748. The molecule has 12 heavy (non-hydrogen) atoms. The van der Waals surface area contributed by atoms with Crippen molar-refractivity contribution in [2.45, 2.75) is 0 Å². The molecule has 0 saturated carbocycles. The van der Waals surface area contributed by atoms with Crippen molar-refractivity contribution in [2.24, 2.45) is 0 Å². The summed E-state index contributed by atoms with van der Waals surface area (Å²) in [6.45, 7) is 0. The molecule has 10 heteroatoms. The van der Waals surface area contributed by atoms with E-state index in [-0.39, 0.29) is 11.6 Å². The average Bonchev–Trinajstić information content (AvgIpc) is 2.71. The van der Waals surface area contributed by atoms with Crippen LogP contribution < -0.4 is 0 Å². The number of fused-ring (bicyclic) bond motifs is 3. The Morgan fingerprint density at radius 1 is 0.667 bits per heavy atom. The van der Waals surface area contributed by atoms with Gasteiger partial charge in [-0.2, -0.15) is 0 Å². The summed E-state index contributed by atoms with van der Waals surface area (Å²) in [5.74, 6) is 0.490. The zero-order valence-electron chi connectivity index (χ0n) is 5.47. The summed E-state index contributed by atoms with van der Waals surface area (Å²) in [5.41, 5.74) is 0. The SMILES string of the molecule is n1nc2nnc3nnnn3n2n1. The summed E-state index contributed by atoms with van der Waals surface area (Å²) in [4.78, 5) is 0. The van der Waals surface area contributed by atoms with Gasteiger partial charge in [0.15, 0.2) is 0 Å². The molecule has 0 unspecified atom stereocenters. The van der Waals surface area contributed by atoms with Gasteiger partial charge in [-0.1, -0.05) is 19.5 Å². The fourth-order valence-corrected chi connectivity index (χ4v) is 0.810. The molecule has 0 bridgehead atoms. The first-order chi connectivity index (χ1) is 5.95. The lowest BCUT2D eigenvalue weighted by Crippen LogP contribution is -2.07. The molecule has 0 spiro atoms. The molecule has 3 aromatic heterocycles. The van der Waals surface area contributed by atoms with Gasteiger partial charge in [-0.15, -0.1) is 10.2 Å². The van der Waals surface area contributed by atoms with Crippen molar-refractivity contribution in [1.82, 2.24) is 50.5 Å². The van der Waals surface area contributed by atoms with E-state index in [2.05, 4.69) is 41.2 Å². The quantitative estimate of drug-likeness (QED) is 0.354. The molecule has 0 aromatic carbocycles. The maximum absolute atomic E-state index is 3.66. The highest BCUT2D eigenvalue weighted by Gasteiger charge is 2.05. The lowest BCUT2D eigenvalue weighted by Gasteiger charge is -1.87. The second-order valence-corrected chi connectivity index (χ2v) is 1.94. The summed E-state index contributed by atoms with van der Waals surface area (Å²) in [6, 6.07) is 0. The molecule has 0 fully saturated rings. The minimum absolute atomic E-state index is 0.245. The molecule has 3 rings (SSSR count). The molecule has 3 heterocycles. The first kappa shape index (κ1) is 5.40. The fraction of sp³-hybridized carbons (Fsp3) is 0. The number of hydrogen-bond acceptors (Lipinski definition) is 8. The van der Waals surface area contributed by atoms with Crippen molar-refractivity contribution in [3.63, 3.8) is 0 Å². The third kappa shape index (κ3) is 0.492. The van der Waals surface area contributed by atoms with E-state index >= 15 is 0 Å². The number of nitrogens with zero attached hydrogens (tertiary/aromatic N) is 10. The summed E-state index contributed by atoms with van der Waals surface area (Å²) in [6.07, 6.45) is 0. The number of hydrogen-bond donors (Lipinski definition) is 0. The van der Waals surface area contributed by atoms with Crippen LogP contribution in [0.5, 0.6) is 0 Å². The molecule has 0 aliphatic heterocycles. The van der Waals surface area contributed by atoms with Crippen LogP contribution in [0, 0.1) is 0 Å². The van der Waals surface area contributed by atoms with Crippen molar-refractivity contribution in [2.75, 3.05) is 0 Å². The molecule has 0 atom stereocenters. The van der Waals surface area contributed by atoms with Gasteiger partial charge in [0, 0.05) is 0 Å². The monoisotopic (exact) mass is 164 g/mol. The molecule has 3 aromatic rings. The predicted molar refractivity (Wildman–Crippen MR) is 30.7 cm³/mol. The Balaban J connectivity index is 2.71. The van der Waals surface area contributed by atoms with Gasteiger partial charge in [-0.25, -0.2) is 0 Å². The Morgan fingerprint density at radius 2 is 1.17 bits per heavy atom. The molecular weight excluding hydrogens is 164 g/mol. The Bertz CT molecular complexity index is 481. The van der Waals surface area contributed by atoms with Crippen molar-refractivity contribution in [1.29, 1.82) is 0 Å². The molecule has 0 amide bonds. The van der Waals surface area contributed by atoms with E-state index in [1.54, 1.807) is 0 Å². The maximum Gasteiger partial charge on any atom is 0.309 e. The van der Waals surface area contributed by atoms with Crippen LogP contribution in [0.4, 0.5) is 0 Å². The van der Waals surface area contributed by atoms with Crippen LogP contribution in [0.1, 0.15) is 0 Å². The number of tetrazole rings is 2. The number of aromatic nitrogens is 10. The minimum Gasteiger partial charge on any atom is -0.102 e. The average molecular weight is 164 g/mol. The van der Waals surface area contributed by atoms with Crippen molar-refractivity contribution < 1.29 is 0 Å². The van der Waals surface area contributed by atoms with Gasteiger partial charge in [-0.05, 0) is 20.9 Å². The van der Waals surface area contributed by atoms with Crippen LogP contribution in [0.25, 0.3) is 11.6 Å². The molecule has 0 aliphatic carbocycles. The first-order valence-corrected chi connectivity index (χ1v) is 2.94. The van der Waals surface area contributed by atoms with Crippen LogP contribution >= 0.6 is 0 Å². The molecule has 10 nitrogen and oxygen atoms in total. The second-order valence-electron chi connectivity index (χ2n) is 1.94. The molecular formula is C2N10. The molecule has 58 valence electrons. The Labute approximate surface area is 63.2 Å². The lowest BCUT2D eigenvalue weighted by atomic mass is 11.1. The van der Waals surface area contributed by atoms with Crippen LogP contribution in [0.3, 0.4) is 0 Å². The molecule has 0 radical (unpaired) electrons. The summed E-state index contributed by atoms with van der Waals surface area (Å²) < 4.78 is 2.48. The highest BCUT2D eigenvalue weighted by Crippen LogP contribution is 1.89. The third-order valence-electron chi connectivity index (χ3n) is 1.28. The van der Waals surface area contributed by atoms with Gasteiger partial charge < -0.3 is 0 Å². The smallest absolute Gasteiger partial charge is 0.102 e. The fourth-order valence-electron chi connectivity index (χ4n) is 0.810. The van der Waals surface area contributed by atoms with Gasteiger partial charge in [0.25, 0.3) is 0 Å². The first-order valence-electron chi connectivity index (χ1n) is 2.94. The minimum atomic E-state index is 0.245. The van der Waals surface area contributed by atoms with Crippen molar-refractivity contribution >= 4 is 11.6 Å².